The van der Waals surface area contributed by atoms with Gasteiger partial charge in [0.2, 0.25) is 5.88 Å². The standard InChI is InChI=1S/C20H20F7N3O5S/c1-28-16(31)11-9-36-15-12(19(22,23)24)8-13(29-14(11)15)34-10-18(21)2-4-30(5-3-18)17(32)33-6-7-35-20(25,26)27/h8-9H,2-7,10H2,1H3,(H,28,31). The number of ether oxygens (including phenoxy) is 3. The Morgan fingerprint density at radius 1 is 1.17 bits per heavy atom. The Balaban J connectivity index is 1.63. The molecule has 16 heteroatoms. The highest BCUT2D eigenvalue weighted by molar-refractivity contribution is 7.17. The molecule has 0 aliphatic carbocycles. The first kappa shape index (κ1) is 27.7. The molecule has 200 valence electrons. The minimum absolute atomic E-state index is 0.0872. The maximum absolute atomic E-state index is 15.2. The van der Waals surface area contributed by atoms with E-state index >= 15 is 4.39 Å². The normalized spacial score (nSPS) is 16.2. The van der Waals surface area contributed by atoms with Crippen molar-refractivity contribution >= 4 is 33.6 Å². The van der Waals surface area contributed by atoms with Crippen molar-refractivity contribution in [2.45, 2.75) is 31.0 Å². The predicted octanol–water partition coefficient (Wildman–Crippen LogP) is 4.53. The van der Waals surface area contributed by atoms with Gasteiger partial charge in [-0.25, -0.2) is 14.2 Å². The Morgan fingerprint density at radius 2 is 1.83 bits per heavy atom. The number of nitrogens with one attached hydrogen (secondary N) is 1. The number of thiophene rings is 1. The lowest BCUT2D eigenvalue weighted by molar-refractivity contribution is -0.326. The number of halogens is 7. The highest BCUT2D eigenvalue weighted by Gasteiger charge is 2.39. The SMILES string of the molecule is CNC(=O)c1csc2c(C(F)(F)F)cc(OCC3(F)CCN(C(=O)OCCOC(F)(F)F)CC3)nc12. The van der Waals surface area contributed by atoms with Crippen molar-refractivity contribution in [3.63, 3.8) is 0 Å². The van der Waals surface area contributed by atoms with Crippen LogP contribution in [-0.4, -0.2) is 73.9 Å². The van der Waals surface area contributed by atoms with Crippen LogP contribution in [0.3, 0.4) is 0 Å². The number of aromatic nitrogens is 1. The molecule has 0 unspecified atom stereocenters. The van der Waals surface area contributed by atoms with Crippen LogP contribution in [0.25, 0.3) is 10.2 Å². The highest BCUT2D eigenvalue weighted by Crippen LogP contribution is 2.40. The van der Waals surface area contributed by atoms with E-state index < -0.39 is 61.5 Å². The lowest BCUT2D eigenvalue weighted by atomic mass is 9.94. The zero-order valence-corrected chi connectivity index (χ0v) is 19.4. The molecule has 8 nitrogen and oxygen atoms in total. The molecule has 36 heavy (non-hydrogen) atoms. The fourth-order valence-corrected chi connectivity index (χ4v) is 4.40. The van der Waals surface area contributed by atoms with E-state index in [0.29, 0.717) is 17.4 Å². The maximum atomic E-state index is 15.2. The number of hydrogen-bond donors (Lipinski definition) is 1. The molecule has 2 aromatic heterocycles. The summed E-state index contributed by atoms with van der Waals surface area (Å²) in [4.78, 5) is 29.0. The van der Waals surface area contributed by atoms with E-state index in [1.54, 1.807) is 0 Å². The van der Waals surface area contributed by atoms with Crippen molar-refractivity contribution in [3.8, 4) is 5.88 Å². The molecule has 1 saturated heterocycles. The van der Waals surface area contributed by atoms with Gasteiger partial charge in [0.1, 0.15) is 18.9 Å². The third kappa shape index (κ3) is 6.87. The number of nitrogens with zero attached hydrogens (tertiary/aromatic N) is 2. The highest BCUT2D eigenvalue weighted by atomic mass is 32.1. The summed E-state index contributed by atoms with van der Waals surface area (Å²) in [5.41, 5.74) is -3.42. The first-order valence-corrected chi connectivity index (χ1v) is 11.3. The lowest BCUT2D eigenvalue weighted by Crippen LogP contribution is -2.47. The quantitative estimate of drug-likeness (QED) is 0.405. The average molecular weight is 547 g/mol. The molecule has 3 rings (SSSR count). The minimum atomic E-state index is -4.86. The molecule has 0 bridgehead atoms. The summed E-state index contributed by atoms with van der Waals surface area (Å²) in [5.74, 6) is -1.17. The molecule has 0 aromatic carbocycles. The lowest BCUT2D eigenvalue weighted by Gasteiger charge is -2.35. The Hall–Kier alpha value is -2.88. The van der Waals surface area contributed by atoms with Crippen LogP contribution in [0.2, 0.25) is 0 Å². The van der Waals surface area contributed by atoms with Gasteiger partial charge >= 0.3 is 18.6 Å². The summed E-state index contributed by atoms with van der Waals surface area (Å²) in [6.07, 6.45) is -11.1. The first-order valence-electron chi connectivity index (χ1n) is 10.4. The van der Waals surface area contributed by atoms with Gasteiger partial charge < -0.3 is 19.7 Å². The molecule has 0 atom stereocenters. The molecule has 1 aliphatic heterocycles. The van der Waals surface area contributed by atoms with Gasteiger partial charge in [-0.3, -0.25) is 9.53 Å². The molecular weight excluding hydrogens is 527 g/mol. The number of likely N-dealkylation sites (tertiary alicyclic amines) is 1. The van der Waals surface area contributed by atoms with Crippen molar-refractivity contribution in [1.29, 1.82) is 0 Å². The number of amides is 2. The monoisotopic (exact) mass is 547 g/mol. The summed E-state index contributed by atoms with van der Waals surface area (Å²) >= 11 is 0.690. The fourth-order valence-electron chi connectivity index (χ4n) is 3.38. The Bertz CT molecular complexity index is 1100. The molecule has 1 fully saturated rings. The predicted molar refractivity (Wildman–Crippen MR) is 112 cm³/mol. The number of carbonyl (C=O) groups is 2. The van der Waals surface area contributed by atoms with E-state index in [1.807, 2.05) is 0 Å². The van der Waals surface area contributed by atoms with E-state index in [0.717, 1.165) is 4.90 Å². The van der Waals surface area contributed by atoms with E-state index in [1.165, 1.54) is 12.4 Å². The smallest absolute Gasteiger partial charge is 0.474 e. The van der Waals surface area contributed by atoms with Crippen molar-refractivity contribution < 1.29 is 54.5 Å². The molecule has 0 radical (unpaired) electrons. The van der Waals surface area contributed by atoms with E-state index in [-0.39, 0.29) is 41.7 Å². The second-order valence-electron chi connectivity index (χ2n) is 7.75. The van der Waals surface area contributed by atoms with Gasteiger partial charge in [-0.2, -0.15) is 13.2 Å². The van der Waals surface area contributed by atoms with E-state index in [4.69, 9.17) is 4.74 Å². The van der Waals surface area contributed by atoms with Crippen LogP contribution >= 0.6 is 11.3 Å². The largest absolute Gasteiger partial charge is 0.522 e. The van der Waals surface area contributed by atoms with Crippen LogP contribution < -0.4 is 10.1 Å². The number of alkyl halides is 7. The Kier molecular flexibility index (Phi) is 8.17. The van der Waals surface area contributed by atoms with Crippen LogP contribution in [0.1, 0.15) is 28.8 Å². The van der Waals surface area contributed by atoms with Crippen LogP contribution in [0, 0.1) is 0 Å². The third-order valence-electron chi connectivity index (χ3n) is 5.25. The van der Waals surface area contributed by atoms with Crippen LogP contribution in [0.5, 0.6) is 5.88 Å². The second-order valence-corrected chi connectivity index (χ2v) is 8.63. The molecule has 1 aliphatic rings. The van der Waals surface area contributed by atoms with Gasteiger partial charge in [-0.05, 0) is 0 Å². The van der Waals surface area contributed by atoms with Crippen molar-refractivity contribution in [2.24, 2.45) is 0 Å². The van der Waals surface area contributed by atoms with Crippen molar-refractivity contribution in [2.75, 3.05) is 40.0 Å². The topological polar surface area (TPSA) is 90.0 Å². The number of fused-ring (bicyclic) bond motifs is 1. The van der Waals surface area contributed by atoms with Gasteiger partial charge in [0.15, 0.2) is 0 Å². The third-order valence-corrected chi connectivity index (χ3v) is 6.25. The van der Waals surface area contributed by atoms with Crippen molar-refractivity contribution in [1.82, 2.24) is 15.2 Å². The molecule has 2 aromatic rings. The minimum Gasteiger partial charge on any atom is -0.474 e. The summed E-state index contributed by atoms with van der Waals surface area (Å²) in [7, 11) is 1.31. The molecule has 1 N–H and O–H groups in total. The van der Waals surface area contributed by atoms with Gasteiger partial charge in [0.05, 0.1) is 28.0 Å². The number of carbonyl (C=O) groups excluding carboxylic acids is 2. The number of piperidine rings is 1. The fraction of sp³-hybridized carbons (Fsp3) is 0.550. The van der Waals surface area contributed by atoms with Gasteiger partial charge in [0.25, 0.3) is 5.91 Å². The molecule has 0 saturated carbocycles. The summed E-state index contributed by atoms with van der Waals surface area (Å²) in [5, 5.41) is 3.54. The van der Waals surface area contributed by atoms with E-state index in [2.05, 4.69) is 19.8 Å². The van der Waals surface area contributed by atoms with Gasteiger partial charge in [0, 0.05) is 44.4 Å². The Labute approximate surface area is 203 Å². The Morgan fingerprint density at radius 3 is 2.42 bits per heavy atom. The van der Waals surface area contributed by atoms with Gasteiger partial charge in [-0.1, -0.05) is 0 Å². The van der Waals surface area contributed by atoms with Crippen molar-refractivity contribution in [3.05, 3.63) is 22.6 Å². The van der Waals surface area contributed by atoms with Crippen LogP contribution in [0.15, 0.2) is 11.4 Å². The number of pyridine rings is 1. The number of rotatable bonds is 7. The average Bonchev–Trinajstić information content (AvgIpc) is 3.22. The molecule has 3 heterocycles. The molecule has 2 amide bonds. The van der Waals surface area contributed by atoms with Crippen LogP contribution in [-0.2, 0) is 15.7 Å². The summed E-state index contributed by atoms with van der Waals surface area (Å²) in [6.45, 7) is -2.55. The second kappa shape index (κ2) is 10.6. The van der Waals surface area contributed by atoms with E-state index in [9.17, 15) is 35.9 Å². The van der Waals surface area contributed by atoms with Gasteiger partial charge in [-0.15, -0.1) is 24.5 Å². The number of hydrogen-bond acceptors (Lipinski definition) is 7. The molecular formula is C20H20F7N3O5S. The first-order chi connectivity index (χ1) is 16.7. The zero-order chi connectivity index (χ0) is 26.7. The maximum Gasteiger partial charge on any atom is 0.522 e. The summed E-state index contributed by atoms with van der Waals surface area (Å²) in [6, 6.07) is 0.630. The van der Waals surface area contributed by atoms with Crippen LogP contribution in [0.4, 0.5) is 35.5 Å². The summed E-state index contributed by atoms with van der Waals surface area (Å²) < 4.78 is 105. The molecule has 0 spiro atoms. The zero-order valence-electron chi connectivity index (χ0n) is 18.6.